The number of carbonyl (C=O) groups is 1. The number of ether oxygens (including phenoxy) is 1. The number of hydrogen-bond donors (Lipinski definition) is 1. The molecule has 1 saturated heterocycles. The zero-order chi connectivity index (χ0) is 24.0. The number of rotatable bonds is 6. The Labute approximate surface area is 196 Å². The normalized spacial score (nSPS) is 15.7. The number of benzene rings is 1. The molecular formula is C23H21FN4O5S. The molecule has 4 heterocycles. The lowest BCUT2D eigenvalue weighted by Gasteiger charge is -2.16. The highest BCUT2D eigenvalue weighted by atomic mass is 32.1. The second kappa shape index (κ2) is 8.56. The maximum Gasteiger partial charge on any atom is 0.332 e. The van der Waals surface area contributed by atoms with Crippen LogP contribution < -0.4 is 21.3 Å². The lowest BCUT2D eigenvalue weighted by Crippen LogP contribution is -2.44. The van der Waals surface area contributed by atoms with Crippen LogP contribution in [-0.4, -0.2) is 33.7 Å². The van der Waals surface area contributed by atoms with E-state index >= 15 is 0 Å². The lowest BCUT2D eigenvalue weighted by molar-refractivity contribution is -0.122. The molecule has 0 spiro atoms. The van der Waals surface area contributed by atoms with Crippen LogP contribution in [0.4, 0.5) is 4.39 Å². The van der Waals surface area contributed by atoms with Crippen LogP contribution >= 0.6 is 11.3 Å². The number of aromatic nitrogens is 3. The molecule has 0 aliphatic carbocycles. The highest BCUT2D eigenvalue weighted by Gasteiger charge is 2.32. The number of hydrogen-bond acceptors (Lipinski definition) is 7. The molecule has 1 atom stereocenters. The van der Waals surface area contributed by atoms with Crippen molar-refractivity contribution < 1.29 is 18.3 Å². The molecule has 0 radical (unpaired) electrons. The molecule has 0 bridgehead atoms. The summed E-state index contributed by atoms with van der Waals surface area (Å²) >= 11 is 1.22. The summed E-state index contributed by atoms with van der Waals surface area (Å²) in [5.74, 6) is 0.0582. The molecule has 176 valence electrons. The van der Waals surface area contributed by atoms with E-state index in [-0.39, 0.29) is 18.9 Å². The number of thiophene rings is 1. The molecule has 5 rings (SSSR count). The first kappa shape index (κ1) is 22.1. The number of methoxy groups -OCH3 is 1. The van der Waals surface area contributed by atoms with Gasteiger partial charge in [0.05, 0.1) is 23.6 Å². The number of carbonyl (C=O) groups excluding carboxylic acids is 1. The van der Waals surface area contributed by atoms with Gasteiger partial charge in [0.15, 0.2) is 0 Å². The second-order valence-corrected chi connectivity index (χ2v) is 8.98. The first-order valence-corrected chi connectivity index (χ1v) is 11.5. The fourth-order valence-corrected chi connectivity index (χ4v) is 5.64. The fraction of sp³-hybridized carbons (Fsp3) is 0.304. The van der Waals surface area contributed by atoms with Gasteiger partial charge in [0.1, 0.15) is 28.7 Å². The molecule has 1 fully saturated rings. The minimum absolute atomic E-state index is 0.148. The summed E-state index contributed by atoms with van der Waals surface area (Å²) in [4.78, 5) is 44.8. The highest BCUT2D eigenvalue weighted by molar-refractivity contribution is 7.22. The van der Waals surface area contributed by atoms with Gasteiger partial charge in [-0.1, -0.05) is 0 Å². The number of halogens is 1. The average Bonchev–Trinajstić information content (AvgIpc) is 3.55. The molecule has 1 N–H and O–H groups in total. The Morgan fingerprint density at radius 3 is 2.82 bits per heavy atom. The van der Waals surface area contributed by atoms with Crippen molar-refractivity contribution in [1.29, 1.82) is 0 Å². The third-order valence-electron chi connectivity index (χ3n) is 6.05. The summed E-state index contributed by atoms with van der Waals surface area (Å²) in [6.07, 6.45) is 3.55. The number of fused-ring (bicyclic) bond motifs is 1. The quantitative estimate of drug-likeness (QED) is 0.451. The molecule has 1 amide bonds. The van der Waals surface area contributed by atoms with E-state index in [0.717, 1.165) is 4.57 Å². The third-order valence-corrected chi connectivity index (χ3v) is 7.35. The first-order valence-electron chi connectivity index (χ1n) is 10.7. The molecule has 9 nitrogen and oxygen atoms in total. The maximum absolute atomic E-state index is 13.9. The van der Waals surface area contributed by atoms with Crippen molar-refractivity contribution in [3.8, 4) is 16.5 Å². The Balaban J connectivity index is 1.72. The lowest BCUT2D eigenvalue weighted by atomic mass is 10.1. The topological polar surface area (TPSA) is 108 Å². The van der Waals surface area contributed by atoms with Crippen LogP contribution in [0.25, 0.3) is 21.0 Å². The largest absolute Gasteiger partial charge is 0.496 e. The zero-order valence-corrected chi connectivity index (χ0v) is 19.3. The number of amides is 1. The number of aryl methyl sites for hydroxylation is 3. The van der Waals surface area contributed by atoms with Crippen molar-refractivity contribution in [3.63, 3.8) is 0 Å². The SMILES string of the molecule is COc1ccc(F)cc1CCn1c(=O)n(C2CCNC2=O)c(=O)c2c(C)c(-c3ncco3)sc21. The van der Waals surface area contributed by atoms with Crippen molar-refractivity contribution >= 4 is 27.5 Å². The summed E-state index contributed by atoms with van der Waals surface area (Å²) in [5.41, 5.74) is 0.0973. The van der Waals surface area contributed by atoms with Crippen LogP contribution in [-0.2, 0) is 17.8 Å². The predicted molar refractivity (Wildman–Crippen MR) is 124 cm³/mol. The highest BCUT2D eigenvalue weighted by Crippen LogP contribution is 2.36. The summed E-state index contributed by atoms with van der Waals surface area (Å²) < 4.78 is 27.2. The summed E-state index contributed by atoms with van der Waals surface area (Å²) in [6.45, 7) is 2.30. The van der Waals surface area contributed by atoms with Crippen LogP contribution in [0.5, 0.6) is 5.75 Å². The smallest absolute Gasteiger partial charge is 0.332 e. The van der Waals surface area contributed by atoms with Gasteiger partial charge >= 0.3 is 5.69 Å². The fourth-order valence-electron chi connectivity index (χ4n) is 4.38. The molecule has 0 saturated carbocycles. The van der Waals surface area contributed by atoms with E-state index in [1.807, 2.05) is 0 Å². The summed E-state index contributed by atoms with van der Waals surface area (Å²) in [6, 6.07) is 3.31. The van der Waals surface area contributed by atoms with Crippen LogP contribution in [0.2, 0.25) is 0 Å². The Morgan fingerprint density at radius 1 is 1.32 bits per heavy atom. The molecule has 1 unspecified atom stereocenters. The van der Waals surface area contributed by atoms with E-state index in [2.05, 4.69) is 10.3 Å². The van der Waals surface area contributed by atoms with Crippen LogP contribution in [0.1, 0.15) is 23.6 Å². The van der Waals surface area contributed by atoms with Gasteiger partial charge in [0, 0.05) is 13.1 Å². The molecule has 11 heteroatoms. The van der Waals surface area contributed by atoms with Gasteiger partial charge in [-0.2, -0.15) is 0 Å². The minimum Gasteiger partial charge on any atom is -0.496 e. The molecular weight excluding hydrogens is 463 g/mol. The van der Waals surface area contributed by atoms with Crippen LogP contribution in [0.3, 0.4) is 0 Å². The Morgan fingerprint density at radius 2 is 2.15 bits per heavy atom. The number of nitrogens with zero attached hydrogens (tertiary/aromatic N) is 3. The number of oxazole rings is 1. The van der Waals surface area contributed by atoms with Crippen LogP contribution in [0, 0.1) is 12.7 Å². The standard InChI is InChI=1S/C23H21FN4O5S/c1-12-17-21(30)28(15-5-7-25-19(15)29)23(31)27(22(17)34-18(12)20-26-8-10-33-20)9-6-13-11-14(24)3-4-16(13)32-2/h3-4,8,10-11,15H,5-7,9H2,1-2H3,(H,25,29). The van der Waals surface area contributed by atoms with Crippen molar-refractivity contribution in [2.75, 3.05) is 13.7 Å². The Bertz CT molecular complexity index is 1520. The molecule has 34 heavy (non-hydrogen) atoms. The molecule has 1 aliphatic heterocycles. The van der Waals surface area contributed by atoms with E-state index in [1.54, 1.807) is 6.92 Å². The summed E-state index contributed by atoms with van der Waals surface area (Å²) in [7, 11) is 1.49. The predicted octanol–water partition coefficient (Wildman–Crippen LogP) is 2.64. The van der Waals surface area contributed by atoms with Crippen molar-refractivity contribution in [1.82, 2.24) is 19.4 Å². The zero-order valence-electron chi connectivity index (χ0n) is 18.5. The van der Waals surface area contributed by atoms with Gasteiger partial charge in [-0.15, -0.1) is 11.3 Å². The van der Waals surface area contributed by atoms with E-state index in [1.165, 1.54) is 53.7 Å². The third kappa shape index (κ3) is 3.52. The first-order chi connectivity index (χ1) is 16.4. The van der Waals surface area contributed by atoms with Crippen molar-refractivity contribution in [3.05, 3.63) is 68.4 Å². The average molecular weight is 485 g/mol. The van der Waals surface area contributed by atoms with Gasteiger partial charge in [-0.3, -0.25) is 14.2 Å². The monoisotopic (exact) mass is 484 g/mol. The van der Waals surface area contributed by atoms with Gasteiger partial charge in [-0.05, 0) is 49.1 Å². The van der Waals surface area contributed by atoms with Gasteiger partial charge in [-0.25, -0.2) is 18.7 Å². The molecule has 4 aromatic rings. The summed E-state index contributed by atoms with van der Waals surface area (Å²) in [5, 5.41) is 3.02. The van der Waals surface area contributed by atoms with E-state index in [9.17, 15) is 18.8 Å². The van der Waals surface area contributed by atoms with E-state index in [4.69, 9.17) is 9.15 Å². The maximum atomic E-state index is 13.9. The number of nitrogens with one attached hydrogen (secondary N) is 1. The second-order valence-electron chi connectivity index (χ2n) is 7.98. The Kier molecular flexibility index (Phi) is 5.56. The molecule has 3 aromatic heterocycles. The van der Waals surface area contributed by atoms with Gasteiger partial charge in [0.25, 0.3) is 5.56 Å². The molecule has 1 aromatic carbocycles. The van der Waals surface area contributed by atoms with Crippen molar-refractivity contribution in [2.45, 2.75) is 32.4 Å². The minimum atomic E-state index is -0.885. The Hall–Kier alpha value is -3.73. The van der Waals surface area contributed by atoms with Gasteiger partial charge < -0.3 is 14.5 Å². The molecule has 1 aliphatic rings. The van der Waals surface area contributed by atoms with Crippen LogP contribution in [0.15, 0.2) is 44.7 Å². The van der Waals surface area contributed by atoms with E-state index in [0.29, 0.717) is 50.8 Å². The van der Waals surface area contributed by atoms with Crippen molar-refractivity contribution in [2.24, 2.45) is 0 Å². The van der Waals surface area contributed by atoms with Gasteiger partial charge in [0.2, 0.25) is 11.8 Å². The van der Waals surface area contributed by atoms with E-state index < -0.39 is 23.1 Å².